The summed E-state index contributed by atoms with van der Waals surface area (Å²) in [5.74, 6) is -0.728. The zero-order valence-electron chi connectivity index (χ0n) is 19.1. The van der Waals surface area contributed by atoms with Gasteiger partial charge in [-0.3, -0.25) is 0 Å². The Morgan fingerprint density at radius 2 is 1.53 bits per heavy atom. The average molecular weight is 473 g/mol. The van der Waals surface area contributed by atoms with E-state index >= 15 is 8.78 Å². The van der Waals surface area contributed by atoms with Crippen LogP contribution >= 0.6 is 0 Å². The van der Waals surface area contributed by atoms with Crippen LogP contribution in [0.15, 0.2) is 60.7 Å². The fraction of sp³-hybridized carbons (Fsp3) is 0.357. The lowest BCUT2D eigenvalue weighted by atomic mass is 9.76. The van der Waals surface area contributed by atoms with Gasteiger partial charge in [-0.2, -0.15) is 8.78 Å². The molecule has 0 aliphatic heterocycles. The number of benzene rings is 3. The third-order valence-corrected chi connectivity index (χ3v) is 6.51. The van der Waals surface area contributed by atoms with Gasteiger partial charge in [0.15, 0.2) is 11.6 Å². The molecule has 34 heavy (non-hydrogen) atoms. The van der Waals surface area contributed by atoms with Crippen molar-refractivity contribution in [3.05, 3.63) is 77.9 Å². The van der Waals surface area contributed by atoms with Crippen LogP contribution in [0.4, 0.5) is 17.6 Å². The van der Waals surface area contributed by atoms with Crippen molar-refractivity contribution < 1.29 is 27.0 Å². The minimum absolute atomic E-state index is 0.0326. The van der Waals surface area contributed by atoms with Crippen LogP contribution in [-0.4, -0.2) is 6.61 Å². The van der Waals surface area contributed by atoms with Crippen molar-refractivity contribution in [3.63, 3.8) is 0 Å². The smallest absolute Gasteiger partial charge is 0.387 e. The first-order chi connectivity index (χ1) is 16.5. The molecule has 0 saturated heterocycles. The van der Waals surface area contributed by atoms with Gasteiger partial charge in [-0.15, -0.1) is 0 Å². The second-order valence-electron chi connectivity index (χ2n) is 8.79. The van der Waals surface area contributed by atoms with Gasteiger partial charge in [0.1, 0.15) is 17.3 Å². The summed E-state index contributed by atoms with van der Waals surface area (Å²) in [6.45, 7) is -0.787. The van der Waals surface area contributed by atoms with E-state index < -0.39 is 18.2 Å². The number of hydrogen-bond donors (Lipinski definition) is 0. The van der Waals surface area contributed by atoms with E-state index in [1.54, 1.807) is 24.3 Å². The number of hydrogen-bond acceptors (Lipinski definition) is 2. The summed E-state index contributed by atoms with van der Waals surface area (Å²) in [6.07, 6.45) is 5.65. The van der Waals surface area contributed by atoms with Crippen LogP contribution in [-0.2, 0) is 0 Å². The van der Waals surface area contributed by atoms with E-state index in [0.717, 1.165) is 38.5 Å². The highest BCUT2D eigenvalue weighted by atomic mass is 19.3. The van der Waals surface area contributed by atoms with Crippen LogP contribution in [0.25, 0.3) is 11.1 Å². The van der Waals surface area contributed by atoms with Crippen molar-refractivity contribution in [2.45, 2.75) is 58.0 Å². The van der Waals surface area contributed by atoms with Crippen molar-refractivity contribution in [3.8, 4) is 28.4 Å². The summed E-state index contributed by atoms with van der Waals surface area (Å²) in [5.41, 5.74) is 0.986. The van der Waals surface area contributed by atoms with Crippen molar-refractivity contribution >= 4 is 0 Å². The van der Waals surface area contributed by atoms with E-state index in [0.29, 0.717) is 17.0 Å². The Morgan fingerprint density at radius 3 is 2.15 bits per heavy atom. The lowest BCUT2D eigenvalue weighted by molar-refractivity contribution is -0.0498. The maximum atomic E-state index is 16.0. The summed E-state index contributed by atoms with van der Waals surface area (Å²) in [7, 11) is 0. The van der Waals surface area contributed by atoms with E-state index in [4.69, 9.17) is 4.74 Å². The van der Waals surface area contributed by atoms with Crippen molar-refractivity contribution in [1.82, 2.24) is 0 Å². The summed E-state index contributed by atoms with van der Waals surface area (Å²) >= 11 is 0. The molecule has 0 atom stereocenters. The van der Waals surface area contributed by atoms with Gasteiger partial charge in [0.2, 0.25) is 0 Å². The third-order valence-electron chi connectivity index (χ3n) is 6.51. The highest BCUT2D eigenvalue weighted by molar-refractivity contribution is 5.72. The molecule has 1 aliphatic rings. The standard InChI is InChI=1S/C28H28F4O2/c1-2-6-18-9-11-20(12-10-18)25-24(29)17-23(19-7-4-3-5-8-19)27(26(25)30)33-21-13-15-22(16-14-21)34-28(31)32/h3-5,7-8,13-18,20,28H,2,6,9-12H2,1H3. The lowest BCUT2D eigenvalue weighted by Crippen LogP contribution is -2.16. The maximum absolute atomic E-state index is 16.0. The zero-order valence-corrected chi connectivity index (χ0v) is 19.1. The molecule has 0 bridgehead atoms. The van der Waals surface area contributed by atoms with Gasteiger partial charge >= 0.3 is 6.61 Å². The van der Waals surface area contributed by atoms with Gasteiger partial charge in [-0.05, 0) is 73.4 Å². The molecule has 3 aromatic carbocycles. The van der Waals surface area contributed by atoms with E-state index in [-0.39, 0.29) is 28.7 Å². The SMILES string of the molecule is CCCC1CCC(c2c(F)cc(-c3ccccc3)c(Oc3ccc(OC(F)F)cc3)c2F)CC1. The number of alkyl halides is 2. The van der Waals surface area contributed by atoms with E-state index in [9.17, 15) is 8.78 Å². The van der Waals surface area contributed by atoms with Crippen LogP contribution in [0.3, 0.4) is 0 Å². The monoisotopic (exact) mass is 472 g/mol. The van der Waals surface area contributed by atoms with Gasteiger partial charge < -0.3 is 9.47 Å². The minimum Gasteiger partial charge on any atom is -0.454 e. The van der Waals surface area contributed by atoms with Crippen molar-refractivity contribution in [2.75, 3.05) is 0 Å². The Morgan fingerprint density at radius 1 is 0.882 bits per heavy atom. The fourth-order valence-corrected chi connectivity index (χ4v) is 4.88. The molecule has 1 saturated carbocycles. The predicted octanol–water partition coefficient (Wildman–Crippen LogP) is 9.10. The van der Waals surface area contributed by atoms with Crippen LogP contribution in [0.5, 0.6) is 17.2 Å². The third kappa shape index (κ3) is 5.54. The Kier molecular flexibility index (Phi) is 7.76. The Hall–Kier alpha value is -3.02. The molecule has 0 amide bonds. The molecule has 0 radical (unpaired) electrons. The fourth-order valence-electron chi connectivity index (χ4n) is 4.88. The Labute approximate surface area is 197 Å². The lowest BCUT2D eigenvalue weighted by Gasteiger charge is -2.29. The zero-order chi connectivity index (χ0) is 24.1. The molecule has 2 nitrogen and oxygen atoms in total. The van der Waals surface area contributed by atoms with Crippen molar-refractivity contribution in [2.24, 2.45) is 5.92 Å². The van der Waals surface area contributed by atoms with Gasteiger partial charge in [-0.25, -0.2) is 8.78 Å². The van der Waals surface area contributed by atoms with E-state index in [2.05, 4.69) is 11.7 Å². The normalized spacial score (nSPS) is 18.2. The molecular weight excluding hydrogens is 444 g/mol. The molecule has 180 valence electrons. The second-order valence-corrected chi connectivity index (χ2v) is 8.79. The summed E-state index contributed by atoms with van der Waals surface area (Å²) in [5, 5.41) is 0. The highest BCUT2D eigenvalue weighted by Gasteiger charge is 2.30. The largest absolute Gasteiger partial charge is 0.454 e. The highest BCUT2D eigenvalue weighted by Crippen LogP contribution is 2.45. The predicted molar refractivity (Wildman–Crippen MR) is 125 cm³/mol. The first-order valence-electron chi connectivity index (χ1n) is 11.8. The topological polar surface area (TPSA) is 18.5 Å². The van der Waals surface area contributed by atoms with Gasteiger partial charge in [0.25, 0.3) is 0 Å². The van der Waals surface area contributed by atoms with Crippen LogP contribution < -0.4 is 9.47 Å². The molecule has 1 aliphatic carbocycles. The first-order valence-corrected chi connectivity index (χ1v) is 11.8. The molecule has 0 aromatic heterocycles. The molecule has 6 heteroatoms. The second kappa shape index (κ2) is 10.9. The van der Waals surface area contributed by atoms with Crippen LogP contribution in [0.1, 0.15) is 56.9 Å². The quantitative estimate of drug-likeness (QED) is 0.304. The van der Waals surface area contributed by atoms with E-state index in [1.807, 2.05) is 6.07 Å². The molecule has 0 heterocycles. The molecule has 4 rings (SSSR count). The Balaban J connectivity index is 1.70. The number of rotatable bonds is 8. The molecular formula is C28H28F4O2. The maximum Gasteiger partial charge on any atom is 0.387 e. The average Bonchev–Trinajstić information content (AvgIpc) is 2.83. The first kappa shape index (κ1) is 24.1. The summed E-state index contributed by atoms with van der Waals surface area (Å²) in [6, 6.07) is 15.7. The van der Waals surface area contributed by atoms with Crippen LogP contribution in [0.2, 0.25) is 0 Å². The molecule has 3 aromatic rings. The van der Waals surface area contributed by atoms with Gasteiger partial charge in [0, 0.05) is 11.1 Å². The molecule has 0 unspecified atom stereocenters. The van der Waals surface area contributed by atoms with Crippen LogP contribution in [0, 0.1) is 17.6 Å². The Bertz CT molecular complexity index is 1080. The van der Waals surface area contributed by atoms with Gasteiger partial charge in [0.05, 0.1) is 0 Å². The number of halogens is 4. The molecule has 0 N–H and O–H groups in total. The van der Waals surface area contributed by atoms with E-state index in [1.165, 1.54) is 30.3 Å². The molecule has 1 fully saturated rings. The minimum atomic E-state index is -2.94. The van der Waals surface area contributed by atoms with Gasteiger partial charge in [-0.1, -0.05) is 50.1 Å². The summed E-state index contributed by atoms with van der Waals surface area (Å²) in [4.78, 5) is 0. The summed E-state index contributed by atoms with van der Waals surface area (Å²) < 4.78 is 66.5. The van der Waals surface area contributed by atoms with Crippen molar-refractivity contribution in [1.29, 1.82) is 0 Å². The molecule has 0 spiro atoms. The number of ether oxygens (including phenoxy) is 2.